The van der Waals surface area contributed by atoms with Crippen LogP contribution in [0, 0.1) is 0 Å². The predicted molar refractivity (Wildman–Crippen MR) is 57.0 cm³/mol. The Hall–Kier alpha value is -0.120. The van der Waals surface area contributed by atoms with Crippen molar-refractivity contribution in [1.29, 1.82) is 0 Å². The van der Waals surface area contributed by atoms with Crippen LogP contribution in [-0.4, -0.2) is 50.5 Å². The Bertz CT molecular complexity index is 73.3. The zero-order chi connectivity index (χ0) is 10.5. The van der Waals surface area contributed by atoms with Crippen molar-refractivity contribution in [3.63, 3.8) is 0 Å². The van der Waals surface area contributed by atoms with Crippen LogP contribution in [0.1, 0.15) is 26.7 Å². The number of aliphatic hydroxyl groups excluding tert-OH is 1. The first-order valence-corrected chi connectivity index (χ1v) is 5.08. The van der Waals surface area contributed by atoms with Gasteiger partial charge in [-0.3, -0.25) is 0 Å². The van der Waals surface area contributed by atoms with Gasteiger partial charge in [-0.15, -0.1) is 0 Å². The van der Waals surface area contributed by atoms with Gasteiger partial charge in [-0.05, 0) is 25.9 Å². The molecule has 0 aromatic rings. The fourth-order valence-corrected chi connectivity index (χ4v) is 1.15. The summed E-state index contributed by atoms with van der Waals surface area (Å²) in [6.45, 7) is 7.58. The first kappa shape index (κ1) is 15.4. The highest BCUT2D eigenvalue weighted by molar-refractivity contribution is 4.64. The summed E-state index contributed by atoms with van der Waals surface area (Å²) in [6.07, 6.45) is 2.64. The van der Waals surface area contributed by atoms with Crippen molar-refractivity contribution in [1.82, 2.24) is 4.90 Å². The van der Waals surface area contributed by atoms with Gasteiger partial charge in [-0.2, -0.15) is 0 Å². The van der Waals surface area contributed by atoms with Crippen LogP contribution in [0.15, 0.2) is 0 Å². The Morgan fingerprint density at radius 2 is 1.54 bits per heavy atom. The Balaban J connectivity index is 0. The molecule has 0 aliphatic carbocycles. The number of methoxy groups -OCH3 is 1. The van der Waals surface area contributed by atoms with E-state index < -0.39 is 0 Å². The first-order chi connectivity index (χ1) is 6.35. The molecular formula is C10H25NO2. The first-order valence-electron chi connectivity index (χ1n) is 5.08. The topological polar surface area (TPSA) is 32.7 Å². The maximum atomic E-state index is 8.48. The smallest absolute Gasteiger partial charge is 0.0558 e. The van der Waals surface area contributed by atoms with E-state index in [0.29, 0.717) is 6.61 Å². The molecule has 0 unspecified atom stereocenters. The van der Waals surface area contributed by atoms with Crippen LogP contribution < -0.4 is 0 Å². The van der Waals surface area contributed by atoms with Crippen molar-refractivity contribution in [3.8, 4) is 0 Å². The summed E-state index contributed by atoms with van der Waals surface area (Å²) in [5, 5.41) is 8.48. The Kier molecular flexibility index (Phi) is 17.0. The summed E-state index contributed by atoms with van der Waals surface area (Å²) >= 11 is 0. The predicted octanol–water partition coefficient (Wildman–Crippen LogP) is 1.36. The van der Waals surface area contributed by atoms with Crippen molar-refractivity contribution < 1.29 is 9.84 Å². The van der Waals surface area contributed by atoms with E-state index in [4.69, 9.17) is 5.11 Å². The highest BCUT2D eigenvalue weighted by Crippen LogP contribution is 2.04. The molecule has 1 N–H and O–H groups in total. The largest absolute Gasteiger partial charge is 0.395 e. The number of rotatable bonds is 2. The fraction of sp³-hybridized carbons (Fsp3) is 1.00. The normalized spacial score (nSPS) is 15.5. The number of ether oxygens (including phenoxy) is 1. The molecule has 1 fully saturated rings. The summed E-state index contributed by atoms with van der Waals surface area (Å²) < 4.78 is 4.25. The van der Waals surface area contributed by atoms with Gasteiger partial charge in [0.05, 0.1) is 6.61 Å². The van der Waals surface area contributed by atoms with Gasteiger partial charge < -0.3 is 14.7 Å². The lowest BCUT2D eigenvalue weighted by Crippen LogP contribution is -2.22. The van der Waals surface area contributed by atoms with Gasteiger partial charge in [-0.25, -0.2) is 0 Å². The van der Waals surface area contributed by atoms with Crippen molar-refractivity contribution in [2.75, 3.05) is 40.5 Å². The van der Waals surface area contributed by atoms with Gasteiger partial charge in [-0.1, -0.05) is 13.8 Å². The molecule has 1 aliphatic heterocycles. The SMILES string of the molecule is CC.COC.OCCN1CCCC1. The molecule has 82 valence electrons. The van der Waals surface area contributed by atoms with Gasteiger partial charge in [0.15, 0.2) is 0 Å². The molecule has 0 aromatic carbocycles. The molecule has 0 atom stereocenters. The maximum Gasteiger partial charge on any atom is 0.0558 e. The van der Waals surface area contributed by atoms with E-state index in [0.717, 1.165) is 6.54 Å². The summed E-state index contributed by atoms with van der Waals surface area (Å²) in [6, 6.07) is 0. The molecule has 0 saturated carbocycles. The standard InChI is InChI=1S/C6H13NO.C2H6O.C2H6/c8-6-5-7-3-1-2-4-7;1-3-2;1-2/h8H,1-6H2;1-2H3;1-2H3. The average molecular weight is 191 g/mol. The summed E-state index contributed by atoms with van der Waals surface area (Å²) in [7, 11) is 3.25. The second-order valence-electron chi connectivity index (χ2n) is 2.68. The average Bonchev–Trinajstić information content (AvgIpc) is 2.63. The van der Waals surface area contributed by atoms with Crippen molar-refractivity contribution in [2.24, 2.45) is 0 Å². The quantitative estimate of drug-likeness (QED) is 0.715. The van der Waals surface area contributed by atoms with E-state index in [1.165, 1.54) is 25.9 Å². The zero-order valence-corrected chi connectivity index (χ0v) is 9.55. The third kappa shape index (κ3) is 11.9. The Labute approximate surface area is 82.7 Å². The van der Waals surface area contributed by atoms with Crippen molar-refractivity contribution in [2.45, 2.75) is 26.7 Å². The summed E-state index contributed by atoms with van der Waals surface area (Å²) in [5.74, 6) is 0. The number of hydrogen-bond acceptors (Lipinski definition) is 3. The Morgan fingerprint density at radius 1 is 1.15 bits per heavy atom. The van der Waals surface area contributed by atoms with E-state index >= 15 is 0 Å². The Morgan fingerprint density at radius 3 is 1.85 bits per heavy atom. The minimum absolute atomic E-state index is 0.319. The van der Waals surface area contributed by atoms with E-state index in [1.54, 1.807) is 14.2 Å². The highest BCUT2D eigenvalue weighted by atomic mass is 16.4. The van der Waals surface area contributed by atoms with E-state index in [9.17, 15) is 0 Å². The molecule has 1 rings (SSSR count). The van der Waals surface area contributed by atoms with E-state index in [1.807, 2.05) is 13.8 Å². The zero-order valence-electron chi connectivity index (χ0n) is 9.55. The second kappa shape index (κ2) is 14.4. The molecule has 0 bridgehead atoms. The lowest BCUT2D eigenvalue weighted by Gasteiger charge is -2.10. The van der Waals surface area contributed by atoms with Crippen LogP contribution in [0.5, 0.6) is 0 Å². The van der Waals surface area contributed by atoms with Crippen molar-refractivity contribution >= 4 is 0 Å². The fourth-order valence-electron chi connectivity index (χ4n) is 1.15. The van der Waals surface area contributed by atoms with Crippen molar-refractivity contribution in [3.05, 3.63) is 0 Å². The minimum Gasteiger partial charge on any atom is -0.395 e. The summed E-state index contributed by atoms with van der Waals surface area (Å²) in [4.78, 5) is 2.29. The molecule has 3 heteroatoms. The number of nitrogens with zero attached hydrogens (tertiary/aromatic N) is 1. The molecule has 0 radical (unpaired) electrons. The molecule has 0 aromatic heterocycles. The lowest BCUT2D eigenvalue weighted by atomic mass is 10.4. The van der Waals surface area contributed by atoms with Gasteiger partial charge in [0, 0.05) is 20.8 Å². The molecule has 0 spiro atoms. The van der Waals surface area contributed by atoms with E-state index in [-0.39, 0.29) is 0 Å². The molecule has 13 heavy (non-hydrogen) atoms. The van der Waals surface area contributed by atoms with Crippen LogP contribution in [0.4, 0.5) is 0 Å². The van der Waals surface area contributed by atoms with Gasteiger partial charge in [0.25, 0.3) is 0 Å². The monoisotopic (exact) mass is 191 g/mol. The number of likely N-dealkylation sites (tertiary alicyclic amines) is 1. The third-order valence-electron chi connectivity index (χ3n) is 1.61. The number of hydrogen-bond donors (Lipinski definition) is 1. The highest BCUT2D eigenvalue weighted by Gasteiger charge is 2.08. The van der Waals surface area contributed by atoms with E-state index in [2.05, 4.69) is 9.64 Å². The van der Waals surface area contributed by atoms with Crippen LogP contribution in [0.3, 0.4) is 0 Å². The molecule has 1 saturated heterocycles. The van der Waals surface area contributed by atoms with Gasteiger partial charge >= 0.3 is 0 Å². The van der Waals surface area contributed by atoms with Crippen LogP contribution in [0.2, 0.25) is 0 Å². The second-order valence-corrected chi connectivity index (χ2v) is 2.68. The lowest BCUT2D eigenvalue weighted by molar-refractivity contribution is 0.221. The van der Waals surface area contributed by atoms with Gasteiger partial charge in [0.2, 0.25) is 0 Å². The number of aliphatic hydroxyl groups is 1. The molecule has 1 heterocycles. The van der Waals surface area contributed by atoms with Crippen LogP contribution >= 0.6 is 0 Å². The molecular weight excluding hydrogens is 166 g/mol. The van der Waals surface area contributed by atoms with Crippen LogP contribution in [-0.2, 0) is 4.74 Å². The molecule has 0 amide bonds. The summed E-state index contributed by atoms with van der Waals surface area (Å²) in [5.41, 5.74) is 0. The minimum atomic E-state index is 0.319. The number of β-amino-alcohol motifs (C(OH)–C–C–N with tert-alkyl or cyclic N) is 1. The maximum absolute atomic E-state index is 8.48. The van der Waals surface area contributed by atoms with Crippen LogP contribution in [0.25, 0.3) is 0 Å². The third-order valence-corrected chi connectivity index (χ3v) is 1.61. The van der Waals surface area contributed by atoms with Gasteiger partial charge in [0.1, 0.15) is 0 Å². The molecule has 3 nitrogen and oxygen atoms in total. The molecule has 1 aliphatic rings.